The fourth-order valence-electron chi connectivity index (χ4n) is 5.48. The molecule has 288 valence electrons. The lowest BCUT2D eigenvalue weighted by Gasteiger charge is -2.50. The van der Waals surface area contributed by atoms with Crippen molar-refractivity contribution in [1.29, 1.82) is 0 Å². The molecule has 0 heterocycles. The minimum Gasteiger partial charge on any atom is -0.497 e. The van der Waals surface area contributed by atoms with Gasteiger partial charge in [-0.2, -0.15) is 0 Å². The second-order valence-electron chi connectivity index (χ2n) is 17.5. The van der Waals surface area contributed by atoms with E-state index in [0.717, 1.165) is 28.7 Å². The Bertz CT molecular complexity index is 1480. The monoisotopic (exact) mass is 750 g/mol. The highest BCUT2D eigenvalue weighted by Gasteiger charge is 2.52. The highest BCUT2D eigenvalue weighted by atomic mass is 28.4. The van der Waals surface area contributed by atoms with Gasteiger partial charge in [-0.3, -0.25) is 0 Å². The van der Waals surface area contributed by atoms with Gasteiger partial charge in [0, 0.05) is 5.41 Å². The van der Waals surface area contributed by atoms with Gasteiger partial charge in [0.25, 0.3) is 0 Å². The molecule has 0 unspecified atom stereocenters. The van der Waals surface area contributed by atoms with Crippen LogP contribution in [-0.4, -0.2) is 61.1 Å². The summed E-state index contributed by atoms with van der Waals surface area (Å²) in [6.07, 6.45) is -1.71. The Morgan fingerprint density at radius 1 is 0.596 bits per heavy atom. The summed E-state index contributed by atoms with van der Waals surface area (Å²) < 4.78 is 40.0. The van der Waals surface area contributed by atoms with E-state index < -0.39 is 46.5 Å². The van der Waals surface area contributed by atoms with Crippen LogP contribution < -0.4 is 4.74 Å². The topological polar surface area (TPSA) is 72.5 Å². The number of hydrogen-bond donors (Lipinski definition) is 0. The van der Waals surface area contributed by atoms with Gasteiger partial charge in [-0.15, -0.1) is 0 Å². The number of ether oxygens (including phenoxy) is 4. The van der Waals surface area contributed by atoms with Crippen LogP contribution in [0.4, 0.5) is 0 Å². The maximum absolute atomic E-state index is 13.2. The van der Waals surface area contributed by atoms with Gasteiger partial charge in [0.05, 0.1) is 45.7 Å². The van der Waals surface area contributed by atoms with Gasteiger partial charge in [-0.25, -0.2) is 0 Å². The van der Waals surface area contributed by atoms with E-state index >= 15 is 0 Å². The Balaban J connectivity index is 2.15. The summed E-state index contributed by atoms with van der Waals surface area (Å²) in [5, 5.41) is -0.129. The fourth-order valence-corrected chi connectivity index (χ4v) is 7.92. The maximum atomic E-state index is 13.2. The number of methoxy groups -OCH3 is 1. The largest absolute Gasteiger partial charge is 0.497 e. The lowest BCUT2D eigenvalue weighted by molar-refractivity contribution is -0.186. The normalized spacial score (nSPS) is 15.5. The van der Waals surface area contributed by atoms with E-state index in [9.17, 15) is 4.79 Å². The molecule has 0 aliphatic rings. The van der Waals surface area contributed by atoms with E-state index in [1.807, 2.05) is 72.8 Å². The zero-order valence-electron chi connectivity index (χ0n) is 34.2. The molecule has 0 aliphatic carbocycles. The lowest BCUT2D eigenvalue weighted by Crippen LogP contribution is -2.60. The standard InChI is InChI=1S/C43H66O7Si2/c1-41(2,3)51(10,11)49-32-38(47-30-34-22-18-15-19-23-34)39(48-31-35-24-26-36(45-9)27-25-35)43(7,8)40(50-52(12,13)42(4,5)6)37(28-44)46-29-33-20-16-14-17-21-33/h14-28,37-40H,29-32H2,1-13H3/t37-,38-,39-,40-/m0/s1. The van der Waals surface area contributed by atoms with Crippen molar-refractivity contribution >= 4 is 22.9 Å². The van der Waals surface area contributed by atoms with Crippen LogP contribution in [0.25, 0.3) is 0 Å². The SMILES string of the molecule is COc1ccc(CO[C@@H]([C@H](CO[Si](C)(C)C(C)(C)C)OCc2ccccc2)C(C)(C)[C@@H](O[Si](C)(C)C(C)(C)C)[C@H](C=O)OCc2ccccc2)cc1. The molecule has 9 heteroatoms. The molecule has 4 atom stereocenters. The predicted molar refractivity (Wildman–Crippen MR) is 217 cm³/mol. The van der Waals surface area contributed by atoms with Crippen LogP contribution in [-0.2, 0) is 47.7 Å². The number of rotatable bonds is 20. The Morgan fingerprint density at radius 3 is 1.52 bits per heavy atom. The summed E-state index contributed by atoms with van der Waals surface area (Å²) in [5.74, 6) is 0.777. The Morgan fingerprint density at radius 2 is 1.06 bits per heavy atom. The van der Waals surface area contributed by atoms with Gasteiger partial charge in [-0.05, 0) is 65.1 Å². The molecule has 0 radical (unpaired) electrons. The van der Waals surface area contributed by atoms with Crippen molar-refractivity contribution in [3.8, 4) is 5.75 Å². The smallest absolute Gasteiger partial charge is 0.192 e. The number of carbonyl (C=O) groups is 1. The summed E-state index contributed by atoms with van der Waals surface area (Å²) >= 11 is 0. The van der Waals surface area contributed by atoms with Crippen molar-refractivity contribution in [2.45, 2.75) is 136 Å². The Hall–Kier alpha value is -2.64. The van der Waals surface area contributed by atoms with E-state index in [1.165, 1.54) is 0 Å². The average Bonchev–Trinajstić information content (AvgIpc) is 3.08. The molecule has 0 saturated heterocycles. The lowest BCUT2D eigenvalue weighted by atomic mass is 9.76. The van der Waals surface area contributed by atoms with Crippen LogP contribution in [0.5, 0.6) is 5.75 Å². The summed E-state index contributed by atoms with van der Waals surface area (Å²) in [4.78, 5) is 13.2. The van der Waals surface area contributed by atoms with E-state index in [4.69, 9.17) is 27.8 Å². The number of hydrogen-bond acceptors (Lipinski definition) is 7. The molecular formula is C43H66O7Si2. The first-order valence-electron chi connectivity index (χ1n) is 18.5. The van der Waals surface area contributed by atoms with Crippen molar-refractivity contribution in [3.05, 3.63) is 102 Å². The predicted octanol–water partition coefficient (Wildman–Crippen LogP) is 10.4. The number of benzene rings is 3. The zero-order chi connectivity index (χ0) is 38.8. The first-order chi connectivity index (χ1) is 24.2. The van der Waals surface area contributed by atoms with E-state index in [0.29, 0.717) is 19.8 Å². The first kappa shape index (κ1) is 43.8. The minimum atomic E-state index is -2.46. The van der Waals surface area contributed by atoms with Crippen molar-refractivity contribution in [2.75, 3.05) is 13.7 Å². The summed E-state index contributed by atoms with van der Waals surface area (Å²) in [6.45, 7) is 27.8. The van der Waals surface area contributed by atoms with Gasteiger partial charge in [-0.1, -0.05) is 128 Å². The highest BCUT2D eigenvalue weighted by molar-refractivity contribution is 6.74. The van der Waals surface area contributed by atoms with Gasteiger partial charge in [0.1, 0.15) is 18.0 Å². The highest BCUT2D eigenvalue weighted by Crippen LogP contribution is 2.44. The van der Waals surface area contributed by atoms with E-state index in [-0.39, 0.29) is 16.7 Å². The van der Waals surface area contributed by atoms with Gasteiger partial charge < -0.3 is 32.6 Å². The first-order valence-corrected chi connectivity index (χ1v) is 24.4. The number of carbonyl (C=O) groups excluding carboxylic acids is 1. The minimum absolute atomic E-state index is 0.00613. The zero-order valence-corrected chi connectivity index (χ0v) is 36.2. The Labute approximate surface area is 317 Å². The molecule has 0 aromatic heterocycles. The van der Waals surface area contributed by atoms with Crippen LogP contribution in [0.3, 0.4) is 0 Å². The van der Waals surface area contributed by atoms with Crippen molar-refractivity contribution in [1.82, 2.24) is 0 Å². The molecule has 3 aromatic carbocycles. The Kier molecular flexibility index (Phi) is 15.7. The molecule has 0 bridgehead atoms. The van der Waals surface area contributed by atoms with Gasteiger partial charge in [0.2, 0.25) is 0 Å². The molecule has 3 rings (SSSR count). The third kappa shape index (κ3) is 12.2. The molecule has 3 aromatic rings. The molecule has 0 aliphatic heterocycles. The van der Waals surface area contributed by atoms with E-state index in [2.05, 4.69) is 93.7 Å². The summed E-state index contributed by atoms with van der Waals surface area (Å²) in [6, 6.07) is 28.0. The second-order valence-corrected chi connectivity index (χ2v) is 27.1. The van der Waals surface area contributed by atoms with Crippen LogP contribution >= 0.6 is 0 Å². The fraction of sp³-hybridized carbons (Fsp3) is 0.558. The molecule has 7 nitrogen and oxygen atoms in total. The van der Waals surface area contributed by atoms with Gasteiger partial charge in [0.15, 0.2) is 22.9 Å². The van der Waals surface area contributed by atoms with Crippen LogP contribution in [0, 0.1) is 5.41 Å². The third-order valence-corrected chi connectivity index (χ3v) is 20.0. The molecule has 0 saturated carbocycles. The third-order valence-electron chi connectivity index (χ3n) is 11.1. The van der Waals surface area contributed by atoms with Crippen molar-refractivity contribution < 1.29 is 32.6 Å². The molecule has 0 fully saturated rings. The van der Waals surface area contributed by atoms with Crippen LogP contribution in [0.2, 0.25) is 36.3 Å². The molecule has 0 amide bonds. The van der Waals surface area contributed by atoms with Crippen molar-refractivity contribution in [2.24, 2.45) is 5.41 Å². The number of aldehydes is 1. The molecule has 0 spiro atoms. The second kappa shape index (κ2) is 18.6. The van der Waals surface area contributed by atoms with Crippen molar-refractivity contribution in [3.63, 3.8) is 0 Å². The maximum Gasteiger partial charge on any atom is 0.192 e. The quantitative estimate of drug-likeness (QED) is 0.0841. The molecular weight excluding hydrogens is 685 g/mol. The summed E-state index contributed by atoms with van der Waals surface area (Å²) in [7, 11) is -3.00. The molecule has 52 heavy (non-hydrogen) atoms. The van der Waals surface area contributed by atoms with E-state index in [1.54, 1.807) is 7.11 Å². The average molecular weight is 751 g/mol. The summed E-state index contributed by atoms with van der Waals surface area (Å²) in [5.41, 5.74) is 2.22. The molecule has 0 N–H and O–H groups in total. The van der Waals surface area contributed by atoms with Crippen LogP contribution in [0.1, 0.15) is 72.1 Å². The van der Waals surface area contributed by atoms with Crippen LogP contribution in [0.15, 0.2) is 84.9 Å². The van der Waals surface area contributed by atoms with Gasteiger partial charge >= 0.3 is 0 Å².